The molecule has 0 amide bonds. The molecule has 28 heavy (non-hydrogen) atoms. The Morgan fingerprint density at radius 2 is 1.00 bits per heavy atom. The summed E-state index contributed by atoms with van der Waals surface area (Å²) in [5.74, 6) is 0.452. The van der Waals surface area contributed by atoms with Crippen LogP contribution in [0.2, 0.25) is 0 Å². The fourth-order valence-electron chi connectivity index (χ4n) is 3.26. The molecule has 0 saturated heterocycles. The van der Waals surface area contributed by atoms with Crippen molar-refractivity contribution in [3.8, 4) is 16.9 Å². The zero-order chi connectivity index (χ0) is 19.9. The SMILES string of the molecule is CCCCCCCCCc1ccccc1O.c1ccc(-c2ccccc2)cc1. The lowest BCUT2D eigenvalue weighted by atomic mass is 10.0. The van der Waals surface area contributed by atoms with Gasteiger partial charge in [-0.15, -0.1) is 0 Å². The molecule has 0 fully saturated rings. The number of phenols is 1. The van der Waals surface area contributed by atoms with Crippen molar-refractivity contribution in [2.24, 2.45) is 0 Å². The standard InChI is InChI=1S/C15H24O.C12H10/c1-2-3-4-5-6-7-8-11-14-12-9-10-13-15(14)16;1-3-7-11(8-4-1)12-9-5-2-6-10-12/h9-10,12-13,16H,2-8,11H2,1H3;1-10H. The van der Waals surface area contributed by atoms with Gasteiger partial charge in [0.25, 0.3) is 0 Å². The van der Waals surface area contributed by atoms with Crippen LogP contribution in [0.1, 0.15) is 57.4 Å². The third-order valence-corrected chi connectivity index (χ3v) is 4.92. The second-order valence-electron chi connectivity index (χ2n) is 7.23. The van der Waals surface area contributed by atoms with Gasteiger partial charge in [0.15, 0.2) is 0 Å². The van der Waals surface area contributed by atoms with Crippen LogP contribution in [-0.2, 0) is 6.42 Å². The number of rotatable bonds is 9. The third kappa shape index (κ3) is 8.43. The Morgan fingerprint density at radius 3 is 1.54 bits per heavy atom. The number of hydrogen-bond acceptors (Lipinski definition) is 1. The Morgan fingerprint density at radius 1 is 0.536 bits per heavy atom. The molecule has 0 spiro atoms. The molecule has 3 aromatic carbocycles. The van der Waals surface area contributed by atoms with Crippen LogP contribution >= 0.6 is 0 Å². The molecule has 0 bridgehead atoms. The molecule has 3 rings (SSSR count). The van der Waals surface area contributed by atoms with E-state index in [0.717, 1.165) is 12.0 Å². The number of aryl methyl sites for hydroxylation is 1. The highest BCUT2D eigenvalue weighted by Crippen LogP contribution is 2.19. The maximum absolute atomic E-state index is 9.58. The minimum atomic E-state index is 0.452. The highest BCUT2D eigenvalue weighted by Gasteiger charge is 1.98. The van der Waals surface area contributed by atoms with Gasteiger partial charge in [0.2, 0.25) is 0 Å². The molecular weight excluding hydrogens is 340 g/mol. The lowest BCUT2D eigenvalue weighted by molar-refractivity contribution is 0.466. The van der Waals surface area contributed by atoms with Gasteiger partial charge in [0.1, 0.15) is 5.75 Å². The van der Waals surface area contributed by atoms with Crippen molar-refractivity contribution in [1.82, 2.24) is 0 Å². The van der Waals surface area contributed by atoms with Crippen LogP contribution in [0.3, 0.4) is 0 Å². The van der Waals surface area contributed by atoms with Gasteiger partial charge < -0.3 is 5.11 Å². The summed E-state index contributed by atoms with van der Waals surface area (Å²) in [5, 5.41) is 9.58. The van der Waals surface area contributed by atoms with Crippen LogP contribution in [-0.4, -0.2) is 5.11 Å². The van der Waals surface area contributed by atoms with E-state index in [1.165, 1.54) is 56.1 Å². The lowest BCUT2D eigenvalue weighted by Crippen LogP contribution is -1.87. The summed E-state index contributed by atoms with van der Waals surface area (Å²) in [6.45, 7) is 2.25. The smallest absolute Gasteiger partial charge is 0.118 e. The van der Waals surface area contributed by atoms with Crippen molar-refractivity contribution >= 4 is 0 Å². The van der Waals surface area contributed by atoms with Gasteiger partial charge in [-0.25, -0.2) is 0 Å². The molecule has 0 atom stereocenters. The van der Waals surface area contributed by atoms with E-state index in [2.05, 4.69) is 55.5 Å². The van der Waals surface area contributed by atoms with Crippen molar-refractivity contribution < 1.29 is 5.11 Å². The maximum Gasteiger partial charge on any atom is 0.118 e. The summed E-state index contributed by atoms with van der Waals surface area (Å²) >= 11 is 0. The molecular formula is C27H34O. The largest absolute Gasteiger partial charge is 0.508 e. The second kappa shape index (κ2) is 13.6. The summed E-state index contributed by atoms with van der Waals surface area (Å²) in [5.41, 5.74) is 3.65. The van der Waals surface area contributed by atoms with Crippen molar-refractivity contribution in [3.05, 3.63) is 90.5 Å². The second-order valence-corrected chi connectivity index (χ2v) is 7.23. The van der Waals surface area contributed by atoms with E-state index in [-0.39, 0.29) is 0 Å². The molecule has 0 aliphatic heterocycles. The first kappa shape index (κ1) is 21.8. The summed E-state index contributed by atoms with van der Waals surface area (Å²) in [4.78, 5) is 0. The van der Waals surface area contributed by atoms with E-state index in [1.807, 2.05) is 30.3 Å². The van der Waals surface area contributed by atoms with Crippen LogP contribution in [0.25, 0.3) is 11.1 Å². The average molecular weight is 375 g/mol. The molecule has 0 aliphatic rings. The van der Waals surface area contributed by atoms with Gasteiger partial charge in [-0.1, -0.05) is 124 Å². The Labute approximate surface area is 171 Å². The maximum atomic E-state index is 9.58. The predicted octanol–water partition coefficient (Wildman–Crippen LogP) is 8.04. The van der Waals surface area contributed by atoms with E-state index in [1.54, 1.807) is 6.07 Å². The Bertz CT molecular complexity index is 712. The topological polar surface area (TPSA) is 20.2 Å². The molecule has 0 unspecified atom stereocenters. The fourth-order valence-corrected chi connectivity index (χ4v) is 3.26. The van der Waals surface area contributed by atoms with Crippen LogP contribution in [0.15, 0.2) is 84.9 Å². The predicted molar refractivity (Wildman–Crippen MR) is 122 cm³/mol. The van der Waals surface area contributed by atoms with Gasteiger partial charge in [-0.3, -0.25) is 0 Å². The molecule has 0 saturated carbocycles. The van der Waals surface area contributed by atoms with E-state index < -0.39 is 0 Å². The molecule has 1 heteroatoms. The Balaban J connectivity index is 0.000000207. The zero-order valence-corrected chi connectivity index (χ0v) is 17.2. The van der Waals surface area contributed by atoms with E-state index >= 15 is 0 Å². The van der Waals surface area contributed by atoms with Crippen molar-refractivity contribution in [2.45, 2.75) is 58.3 Å². The number of para-hydroxylation sites is 1. The Hall–Kier alpha value is -2.54. The highest BCUT2D eigenvalue weighted by molar-refractivity contribution is 5.62. The van der Waals surface area contributed by atoms with Gasteiger partial charge in [-0.05, 0) is 35.6 Å². The molecule has 1 N–H and O–H groups in total. The summed E-state index contributed by atoms with van der Waals surface area (Å²) in [6.07, 6.45) is 10.3. The molecule has 0 heterocycles. The first-order valence-corrected chi connectivity index (χ1v) is 10.7. The minimum Gasteiger partial charge on any atom is -0.508 e. The van der Waals surface area contributed by atoms with Gasteiger partial charge in [-0.2, -0.15) is 0 Å². The number of phenolic OH excluding ortho intramolecular Hbond substituents is 1. The summed E-state index contributed by atoms with van der Waals surface area (Å²) < 4.78 is 0. The molecule has 148 valence electrons. The van der Waals surface area contributed by atoms with Crippen molar-refractivity contribution in [3.63, 3.8) is 0 Å². The summed E-state index contributed by atoms with van der Waals surface area (Å²) in [7, 11) is 0. The fraction of sp³-hybridized carbons (Fsp3) is 0.333. The number of aromatic hydroxyl groups is 1. The normalized spacial score (nSPS) is 10.2. The highest BCUT2D eigenvalue weighted by atomic mass is 16.3. The quantitative estimate of drug-likeness (QED) is 0.376. The Kier molecular flexibility index (Phi) is 10.6. The minimum absolute atomic E-state index is 0.452. The molecule has 3 aromatic rings. The van der Waals surface area contributed by atoms with Crippen molar-refractivity contribution in [2.75, 3.05) is 0 Å². The van der Waals surface area contributed by atoms with Crippen LogP contribution in [0.5, 0.6) is 5.75 Å². The van der Waals surface area contributed by atoms with Crippen LogP contribution in [0.4, 0.5) is 0 Å². The van der Waals surface area contributed by atoms with Gasteiger partial charge in [0, 0.05) is 0 Å². The van der Waals surface area contributed by atoms with E-state index in [9.17, 15) is 5.11 Å². The summed E-state index contributed by atoms with van der Waals surface area (Å²) in [6, 6.07) is 28.5. The first-order chi connectivity index (χ1) is 13.8. The average Bonchev–Trinajstić information content (AvgIpc) is 2.76. The monoisotopic (exact) mass is 374 g/mol. The molecule has 0 radical (unpaired) electrons. The van der Waals surface area contributed by atoms with Gasteiger partial charge >= 0.3 is 0 Å². The van der Waals surface area contributed by atoms with Crippen molar-refractivity contribution in [1.29, 1.82) is 0 Å². The lowest BCUT2D eigenvalue weighted by Gasteiger charge is -2.04. The number of benzene rings is 3. The van der Waals surface area contributed by atoms with E-state index in [4.69, 9.17) is 0 Å². The van der Waals surface area contributed by atoms with Crippen LogP contribution in [0, 0.1) is 0 Å². The van der Waals surface area contributed by atoms with E-state index in [0.29, 0.717) is 5.75 Å². The number of unbranched alkanes of at least 4 members (excludes halogenated alkanes) is 6. The third-order valence-electron chi connectivity index (χ3n) is 4.92. The molecule has 0 aromatic heterocycles. The van der Waals surface area contributed by atoms with Gasteiger partial charge in [0.05, 0.1) is 0 Å². The van der Waals surface area contributed by atoms with Crippen LogP contribution < -0.4 is 0 Å². The zero-order valence-electron chi connectivity index (χ0n) is 17.2. The first-order valence-electron chi connectivity index (χ1n) is 10.7. The molecule has 1 nitrogen and oxygen atoms in total. The number of hydrogen-bond donors (Lipinski definition) is 1. The molecule has 0 aliphatic carbocycles.